The van der Waals surface area contributed by atoms with Crippen LogP contribution in [0.4, 0.5) is 0 Å². The Bertz CT molecular complexity index is 658. The van der Waals surface area contributed by atoms with Gasteiger partial charge in [-0.05, 0) is 44.0 Å². The average Bonchev–Trinajstić information content (AvgIpc) is 2.35. The second-order valence-electron chi connectivity index (χ2n) is 4.54. The summed E-state index contributed by atoms with van der Waals surface area (Å²) in [4.78, 5) is 0. The van der Waals surface area contributed by atoms with Crippen molar-refractivity contribution in [3.63, 3.8) is 0 Å². The van der Waals surface area contributed by atoms with Gasteiger partial charge in [-0.2, -0.15) is 4.57 Å². The number of benzene rings is 1. The number of rotatable bonds is 1. The Morgan fingerprint density at radius 3 is 2.47 bits per heavy atom. The molecule has 1 aromatic carbocycles. The number of aromatic nitrogens is 1. The van der Waals surface area contributed by atoms with E-state index in [0.29, 0.717) is 5.56 Å². The van der Waals surface area contributed by atoms with E-state index in [4.69, 9.17) is 4.11 Å². The van der Waals surface area contributed by atoms with Crippen LogP contribution in [-0.4, -0.2) is 0 Å². The van der Waals surface area contributed by atoms with Crippen molar-refractivity contribution in [3.8, 4) is 11.3 Å². The van der Waals surface area contributed by atoms with Gasteiger partial charge in [0.1, 0.15) is 7.05 Å². The van der Waals surface area contributed by atoms with Gasteiger partial charge in [-0.1, -0.05) is 12.1 Å². The molecule has 0 saturated heterocycles. The molecule has 0 atom stereocenters. The minimum atomic E-state index is -2.07. The van der Waals surface area contributed by atoms with Gasteiger partial charge in [0, 0.05) is 28.2 Å². The first-order valence-corrected chi connectivity index (χ1v) is 5.80. The summed E-state index contributed by atoms with van der Waals surface area (Å²) in [5.74, 6) is 0. The molecule has 0 fully saturated rings. The third-order valence-electron chi connectivity index (χ3n) is 3.40. The van der Waals surface area contributed by atoms with Crippen molar-refractivity contribution in [2.45, 2.75) is 27.6 Å². The van der Waals surface area contributed by atoms with Crippen LogP contribution in [0.2, 0.25) is 0 Å². The molecule has 1 nitrogen and oxygen atoms in total. The van der Waals surface area contributed by atoms with Crippen molar-refractivity contribution >= 4 is 0 Å². The molecule has 2 aromatic rings. The molecular weight excluding hydrogens is 206 g/mol. The fraction of sp³-hybridized carbons (Fsp3) is 0.312. The SMILES string of the molecule is [2H]C([2H])([2H])c1cccc(-c2c(C)ccc(C)[n+]2C)c1C. The van der Waals surface area contributed by atoms with Crippen LogP contribution >= 0.6 is 0 Å². The Morgan fingerprint density at radius 2 is 1.76 bits per heavy atom. The van der Waals surface area contributed by atoms with E-state index in [1.165, 1.54) is 0 Å². The van der Waals surface area contributed by atoms with Gasteiger partial charge in [-0.25, -0.2) is 0 Å². The molecule has 0 unspecified atom stereocenters. The van der Waals surface area contributed by atoms with Crippen molar-refractivity contribution in [2.75, 3.05) is 0 Å². The van der Waals surface area contributed by atoms with E-state index >= 15 is 0 Å². The summed E-state index contributed by atoms with van der Waals surface area (Å²) in [7, 11) is 2.01. The summed E-state index contributed by atoms with van der Waals surface area (Å²) in [5.41, 5.74) is 5.61. The van der Waals surface area contributed by atoms with Gasteiger partial charge >= 0.3 is 0 Å². The van der Waals surface area contributed by atoms with Crippen LogP contribution in [0.5, 0.6) is 0 Å². The zero-order valence-electron chi connectivity index (χ0n) is 13.8. The predicted octanol–water partition coefficient (Wildman–Crippen LogP) is 3.41. The minimum absolute atomic E-state index is 0.427. The number of aryl methyl sites for hydroxylation is 3. The van der Waals surface area contributed by atoms with Gasteiger partial charge < -0.3 is 0 Å². The van der Waals surface area contributed by atoms with Crippen LogP contribution in [0.25, 0.3) is 11.3 Å². The lowest BCUT2D eigenvalue weighted by Gasteiger charge is -2.10. The van der Waals surface area contributed by atoms with Crippen LogP contribution in [-0.2, 0) is 7.05 Å². The van der Waals surface area contributed by atoms with Gasteiger partial charge in [0.05, 0.1) is 0 Å². The smallest absolute Gasteiger partial charge is 0.198 e. The number of nitrogens with zero attached hydrogens (tertiary/aromatic N) is 1. The molecule has 0 amide bonds. The second-order valence-corrected chi connectivity index (χ2v) is 4.54. The molecule has 1 heterocycles. The number of pyridine rings is 1. The largest absolute Gasteiger partial charge is 0.215 e. The lowest BCUT2D eigenvalue weighted by atomic mass is 9.97. The highest BCUT2D eigenvalue weighted by Crippen LogP contribution is 2.25. The van der Waals surface area contributed by atoms with Crippen LogP contribution < -0.4 is 4.57 Å². The fourth-order valence-electron chi connectivity index (χ4n) is 2.16. The molecule has 0 aliphatic rings. The van der Waals surface area contributed by atoms with E-state index < -0.39 is 6.85 Å². The molecule has 0 radical (unpaired) electrons. The van der Waals surface area contributed by atoms with E-state index in [2.05, 4.69) is 23.6 Å². The maximum atomic E-state index is 7.65. The first kappa shape index (κ1) is 8.46. The van der Waals surface area contributed by atoms with Gasteiger partial charge in [-0.15, -0.1) is 0 Å². The van der Waals surface area contributed by atoms with Crippen LogP contribution in [0, 0.1) is 27.6 Å². The Kier molecular flexibility index (Phi) is 2.15. The second kappa shape index (κ2) is 4.33. The molecule has 0 bridgehead atoms. The Morgan fingerprint density at radius 1 is 1.00 bits per heavy atom. The predicted molar refractivity (Wildman–Crippen MR) is 72.0 cm³/mol. The Hall–Kier alpha value is -1.63. The molecular formula is C16H20N+. The van der Waals surface area contributed by atoms with Crippen molar-refractivity contribution in [2.24, 2.45) is 7.05 Å². The molecule has 88 valence electrons. The lowest BCUT2D eigenvalue weighted by molar-refractivity contribution is -0.667. The Balaban J connectivity index is 2.76. The maximum Gasteiger partial charge on any atom is 0.215 e. The van der Waals surface area contributed by atoms with Crippen LogP contribution in [0.15, 0.2) is 30.3 Å². The van der Waals surface area contributed by atoms with Crippen LogP contribution in [0.1, 0.15) is 26.5 Å². The quantitative estimate of drug-likeness (QED) is 0.660. The zero-order valence-corrected chi connectivity index (χ0v) is 10.8. The molecule has 0 spiro atoms. The fourth-order valence-corrected chi connectivity index (χ4v) is 2.16. The normalized spacial score (nSPS) is 14.0. The molecule has 1 aromatic heterocycles. The number of hydrogen-bond acceptors (Lipinski definition) is 0. The topological polar surface area (TPSA) is 3.88 Å². The third-order valence-corrected chi connectivity index (χ3v) is 3.40. The van der Waals surface area contributed by atoms with Crippen molar-refractivity contribution in [3.05, 3.63) is 52.7 Å². The standard InChI is InChI=1S/C16H20N/c1-11-7-6-8-15(14(11)4)16-12(2)9-10-13(3)17(16)5/h6-10H,1-5H3/q+1/i1D3. The van der Waals surface area contributed by atoms with Crippen LogP contribution in [0.3, 0.4) is 0 Å². The van der Waals surface area contributed by atoms with E-state index in [9.17, 15) is 0 Å². The minimum Gasteiger partial charge on any atom is -0.198 e. The maximum absolute atomic E-state index is 7.65. The molecule has 0 saturated carbocycles. The molecule has 1 heteroatoms. The summed E-state index contributed by atoms with van der Waals surface area (Å²) in [6.45, 7) is 3.91. The lowest BCUT2D eigenvalue weighted by Crippen LogP contribution is -2.35. The molecule has 0 N–H and O–H groups in total. The van der Waals surface area contributed by atoms with E-state index in [1.54, 1.807) is 6.07 Å². The molecule has 17 heavy (non-hydrogen) atoms. The van der Waals surface area contributed by atoms with Gasteiger partial charge in [-0.3, -0.25) is 0 Å². The first-order chi connectivity index (χ1) is 9.23. The van der Waals surface area contributed by atoms with Crippen molar-refractivity contribution < 1.29 is 8.68 Å². The number of hydrogen-bond donors (Lipinski definition) is 0. The zero-order chi connectivity index (χ0) is 15.1. The van der Waals surface area contributed by atoms with Crippen molar-refractivity contribution in [1.82, 2.24) is 0 Å². The molecule has 0 aliphatic carbocycles. The first-order valence-electron chi connectivity index (χ1n) is 7.30. The summed E-state index contributed by atoms with van der Waals surface area (Å²) < 4.78 is 25.1. The highest BCUT2D eigenvalue weighted by atomic mass is 14.9. The highest BCUT2D eigenvalue weighted by Gasteiger charge is 2.17. The van der Waals surface area contributed by atoms with E-state index in [1.807, 2.05) is 33.0 Å². The van der Waals surface area contributed by atoms with E-state index in [0.717, 1.165) is 28.1 Å². The summed E-state index contributed by atoms with van der Waals surface area (Å²) >= 11 is 0. The van der Waals surface area contributed by atoms with E-state index in [-0.39, 0.29) is 0 Å². The monoisotopic (exact) mass is 229 g/mol. The van der Waals surface area contributed by atoms with Crippen molar-refractivity contribution in [1.29, 1.82) is 0 Å². The third kappa shape index (κ3) is 1.97. The molecule has 0 aliphatic heterocycles. The van der Waals surface area contributed by atoms with Gasteiger partial charge in [0.2, 0.25) is 5.69 Å². The average molecular weight is 229 g/mol. The highest BCUT2D eigenvalue weighted by molar-refractivity contribution is 5.65. The van der Waals surface area contributed by atoms with Gasteiger partial charge in [0.25, 0.3) is 0 Å². The summed E-state index contributed by atoms with van der Waals surface area (Å²) in [6.07, 6.45) is 0. The van der Waals surface area contributed by atoms with Gasteiger partial charge in [0.15, 0.2) is 5.69 Å². The molecule has 2 rings (SSSR count). The Labute approximate surface area is 108 Å². The summed E-state index contributed by atoms with van der Waals surface area (Å²) in [5, 5.41) is 0. The summed E-state index contributed by atoms with van der Waals surface area (Å²) in [6, 6.07) is 9.66.